The molecule has 38 heavy (non-hydrogen) atoms. The van der Waals surface area contributed by atoms with E-state index in [1.807, 2.05) is 0 Å². The molecule has 0 aliphatic rings. The Hall–Kier alpha value is -2.10. The van der Waals surface area contributed by atoms with Crippen molar-refractivity contribution in [2.45, 2.75) is 155 Å². The van der Waals surface area contributed by atoms with Gasteiger partial charge < -0.3 is 9.84 Å². The number of ether oxygens (including phenoxy) is 1. The van der Waals surface area contributed by atoms with Crippen LogP contribution in [0.3, 0.4) is 0 Å². The minimum Gasteiger partial charge on any atom is -0.481 e. The molecule has 4 nitrogen and oxygen atoms in total. The van der Waals surface area contributed by atoms with Gasteiger partial charge in [0.15, 0.2) is 0 Å². The molecule has 0 saturated heterocycles. The topological polar surface area (TPSA) is 63.6 Å². The van der Waals surface area contributed by atoms with Crippen LogP contribution in [0.2, 0.25) is 0 Å². The molecule has 0 aromatic carbocycles. The fourth-order valence-corrected chi connectivity index (χ4v) is 4.29. The smallest absolute Gasteiger partial charge is 0.306 e. The van der Waals surface area contributed by atoms with Crippen LogP contribution in [0.1, 0.15) is 149 Å². The highest BCUT2D eigenvalue weighted by Gasteiger charge is 2.14. The van der Waals surface area contributed by atoms with E-state index in [9.17, 15) is 9.59 Å². The Labute approximate surface area is 234 Å². The molecular weight excluding hydrogens is 472 g/mol. The van der Waals surface area contributed by atoms with Crippen LogP contribution in [0.15, 0.2) is 48.6 Å². The molecule has 0 heterocycles. The molecule has 1 N–H and O–H groups in total. The van der Waals surface area contributed by atoms with Gasteiger partial charge in [-0.3, -0.25) is 9.59 Å². The summed E-state index contributed by atoms with van der Waals surface area (Å²) in [6.07, 6.45) is 38.4. The summed E-state index contributed by atoms with van der Waals surface area (Å²) >= 11 is 0. The molecular formula is C34H58O4. The molecule has 0 bridgehead atoms. The third-order valence-electron chi connectivity index (χ3n) is 6.57. The standard InChI is InChI=1S/C34H58O4/c1-3-5-7-9-10-11-12-13-14-15-16-17-18-19-20-21-27-31-34(37)38-32(28-24-8-6-4-2)29-25-22-23-26-30-33(35)36/h5,7,10-11,13-14,16-17,32H,3-4,6,8-9,12,15,18-31H2,1-2H3,(H,35,36)/b7-5-,11-10-,14-13-,17-16-. The Morgan fingerprint density at radius 1 is 0.605 bits per heavy atom. The first-order chi connectivity index (χ1) is 18.6. The number of allylic oxidation sites excluding steroid dienone is 8. The van der Waals surface area contributed by atoms with Gasteiger partial charge in [0.25, 0.3) is 0 Å². The Morgan fingerprint density at radius 3 is 1.68 bits per heavy atom. The molecule has 0 radical (unpaired) electrons. The lowest BCUT2D eigenvalue weighted by atomic mass is 10.0. The third kappa shape index (κ3) is 28.5. The van der Waals surface area contributed by atoms with Gasteiger partial charge in [-0.15, -0.1) is 0 Å². The summed E-state index contributed by atoms with van der Waals surface area (Å²) < 4.78 is 5.85. The van der Waals surface area contributed by atoms with Gasteiger partial charge in [-0.05, 0) is 77.0 Å². The van der Waals surface area contributed by atoms with Crippen LogP contribution in [0, 0.1) is 0 Å². The van der Waals surface area contributed by atoms with Gasteiger partial charge in [0, 0.05) is 12.8 Å². The number of aliphatic carboxylic acids is 1. The normalized spacial score (nSPS) is 12.9. The molecule has 0 aliphatic heterocycles. The molecule has 0 saturated carbocycles. The van der Waals surface area contributed by atoms with Gasteiger partial charge >= 0.3 is 11.9 Å². The number of carbonyl (C=O) groups excluding carboxylic acids is 1. The third-order valence-corrected chi connectivity index (χ3v) is 6.57. The van der Waals surface area contributed by atoms with Crippen molar-refractivity contribution in [3.63, 3.8) is 0 Å². The highest BCUT2D eigenvalue weighted by Crippen LogP contribution is 2.17. The van der Waals surface area contributed by atoms with Crippen molar-refractivity contribution < 1.29 is 19.4 Å². The zero-order valence-corrected chi connectivity index (χ0v) is 24.7. The second kappa shape index (κ2) is 29.5. The average Bonchev–Trinajstić information content (AvgIpc) is 2.90. The molecule has 218 valence electrons. The van der Waals surface area contributed by atoms with Gasteiger partial charge in [-0.25, -0.2) is 0 Å². The van der Waals surface area contributed by atoms with Crippen molar-refractivity contribution in [1.82, 2.24) is 0 Å². The SMILES string of the molecule is CC/C=C\C/C=C\C/C=C\C/C=C\CCCCCCC(=O)OC(CCCCCC)CCCCCCC(=O)O. The summed E-state index contributed by atoms with van der Waals surface area (Å²) in [5.74, 6) is -0.766. The van der Waals surface area contributed by atoms with E-state index >= 15 is 0 Å². The number of carbonyl (C=O) groups is 2. The first-order valence-electron chi connectivity index (χ1n) is 15.6. The van der Waals surface area contributed by atoms with Crippen molar-refractivity contribution >= 4 is 11.9 Å². The maximum absolute atomic E-state index is 12.4. The molecule has 0 aromatic heterocycles. The van der Waals surface area contributed by atoms with Crippen molar-refractivity contribution in [2.24, 2.45) is 0 Å². The van der Waals surface area contributed by atoms with Crippen LogP contribution in [0.4, 0.5) is 0 Å². The molecule has 0 fully saturated rings. The number of rotatable bonds is 27. The first kappa shape index (κ1) is 35.9. The van der Waals surface area contributed by atoms with Crippen molar-refractivity contribution in [1.29, 1.82) is 0 Å². The van der Waals surface area contributed by atoms with Crippen molar-refractivity contribution in [3.8, 4) is 0 Å². The predicted octanol–water partition coefficient (Wildman–Crippen LogP) is 10.4. The lowest BCUT2D eigenvalue weighted by molar-refractivity contribution is -0.150. The Kier molecular flexibility index (Phi) is 27.8. The number of carboxylic acids is 1. The van der Waals surface area contributed by atoms with E-state index < -0.39 is 5.97 Å². The maximum atomic E-state index is 12.4. The molecule has 0 amide bonds. The first-order valence-corrected chi connectivity index (χ1v) is 15.6. The predicted molar refractivity (Wildman–Crippen MR) is 162 cm³/mol. The monoisotopic (exact) mass is 530 g/mol. The highest BCUT2D eigenvalue weighted by atomic mass is 16.5. The van der Waals surface area contributed by atoms with Gasteiger partial charge in [0.1, 0.15) is 6.10 Å². The number of esters is 1. The van der Waals surface area contributed by atoms with E-state index in [0.29, 0.717) is 6.42 Å². The van der Waals surface area contributed by atoms with Crippen molar-refractivity contribution in [2.75, 3.05) is 0 Å². The van der Waals surface area contributed by atoms with Crippen molar-refractivity contribution in [3.05, 3.63) is 48.6 Å². The summed E-state index contributed by atoms with van der Waals surface area (Å²) in [6, 6.07) is 0. The quantitative estimate of drug-likeness (QED) is 0.0651. The van der Waals surface area contributed by atoms with E-state index in [-0.39, 0.29) is 18.5 Å². The molecule has 1 atom stereocenters. The molecule has 4 heteroatoms. The van der Waals surface area contributed by atoms with E-state index in [0.717, 1.165) is 96.3 Å². The number of hydrogen-bond acceptors (Lipinski definition) is 3. The highest BCUT2D eigenvalue weighted by molar-refractivity contribution is 5.69. The summed E-state index contributed by atoms with van der Waals surface area (Å²) in [5.41, 5.74) is 0. The fourth-order valence-electron chi connectivity index (χ4n) is 4.29. The fraction of sp³-hybridized carbons (Fsp3) is 0.706. The number of hydrogen-bond donors (Lipinski definition) is 1. The lowest BCUT2D eigenvalue weighted by Gasteiger charge is -2.18. The molecule has 0 rings (SSSR count). The van der Waals surface area contributed by atoms with E-state index in [4.69, 9.17) is 9.84 Å². The Bertz CT molecular complexity index is 659. The average molecular weight is 531 g/mol. The second-order valence-electron chi connectivity index (χ2n) is 10.3. The summed E-state index contributed by atoms with van der Waals surface area (Å²) in [7, 11) is 0. The van der Waals surface area contributed by atoms with Crippen LogP contribution in [-0.4, -0.2) is 23.1 Å². The van der Waals surface area contributed by atoms with Gasteiger partial charge in [-0.1, -0.05) is 107 Å². The van der Waals surface area contributed by atoms with Gasteiger partial charge in [0.2, 0.25) is 0 Å². The minimum absolute atomic E-state index is 0.0250. The van der Waals surface area contributed by atoms with Crippen LogP contribution < -0.4 is 0 Å². The minimum atomic E-state index is -0.720. The summed E-state index contributed by atoms with van der Waals surface area (Å²) in [6.45, 7) is 4.36. The van der Waals surface area contributed by atoms with Crippen LogP contribution in [0.5, 0.6) is 0 Å². The second-order valence-corrected chi connectivity index (χ2v) is 10.3. The van der Waals surface area contributed by atoms with E-state index in [1.54, 1.807) is 0 Å². The summed E-state index contributed by atoms with van der Waals surface area (Å²) in [5, 5.41) is 8.75. The maximum Gasteiger partial charge on any atom is 0.306 e. The van der Waals surface area contributed by atoms with Crippen LogP contribution in [-0.2, 0) is 14.3 Å². The largest absolute Gasteiger partial charge is 0.481 e. The van der Waals surface area contributed by atoms with E-state index in [1.165, 1.54) is 25.7 Å². The Morgan fingerprint density at radius 2 is 1.11 bits per heavy atom. The zero-order valence-electron chi connectivity index (χ0n) is 24.7. The molecule has 0 aliphatic carbocycles. The molecule has 0 aromatic rings. The van der Waals surface area contributed by atoms with Crippen LogP contribution >= 0.6 is 0 Å². The zero-order chi connectivity index (χ0) is 27.9. The molecule has 1 unspecified atom stereocenters. The molecule has 0 spiro atoms. The van der Waals surface area contributed by atoms with Crippen LogP contribution in [0.25, 0.3) is 0 Å². The number of unbranched alkanes of at least 4 members (excludes halogenated alkanes) is 10. The van der Waals surface area contributed by atoms with E-state index in [2.05, 4.69) is 62.5 Å². The Balaban J connectivity index is 3.89. The lowest BCUT2D eigenvalue weighted by Crippen LogP contribution is -2.18. The number of carboxylic acid groups (broad SMARTS) is 1. The summed E-state index contributed by atoms with van der Waals surface area (Å²) in [4.78, 5) is 23.0. The van der Waals surface area contributed by atoms with Gasteiger partial charge in [0.05, 0.1) is 0 Å². The van der Waals surface area contributed by atoms with Gasteiger partial charge in [-0.2, -0.15) is 0 Å².